The molecule has 0 bridgehead atoms. The Balaban J connectivity index is 1.80. The Kier molecular flexibility index (Phi) is 3.50. The molecule has 0 aliphatic carbocycles. The molecule has 0 aliphatic rings. The maximum atomic E-state index is 10.9. The third kappa shape index (κ3) is 2.98. The lowest BCUT2D eigenvalue weighted by Gasteiger charge is -2.03. The second-order valence-corrected chi connectivity index (χ2v) is 4.90. The third-order valence-electron chi connectivity index (χ3n) is 2.93. The highest BCUT2D eigenvalue weighted by atomic mass is 35.5. The highest BCUT2D eigenvalue weighted by Crippen LogP contribution is 2.18. The van der Waals surface area contributed by atoms with Crippen LogP contribution < -0.4 is 4.74 Å². The number of rotatable bonds is 4. The molecule has 2 heterocycles. The molecule has 0 unspecified atom stereocenters. The van der Waals surface area contributed by atoms with Crippen LogP contribution in [0, 0.1) is 0 Å². The molecule has 3 aromatic rings. The van der Waals surface area contributed by atoms with E-state index in [1.165, 1.54) is 12.3 Å². The van der Waals surface area contributed by atoms with Gasteiger partial charge in [-0.05, 0) is 30.3 Å². The zero-order valence-corrected chi connectivity index (χ0v) is 11.6. The fourth-order valence-electron chi connectivity index (χ4n) is 1.95. The number of nitrogens with zero attached hydrogens (tertiary/aromatic N) is 2. The number of halogens is 1. The minimum Gasteiger partial charge on any atom is -0.487 e. The summed E-state index contributed by atoms with van der Waals surface area (Å²) in [6.45, 7) is 0.282. The number of hydrogen-bond donors (Lipinski definition) is 1. The molecule has 0 spiro atoms. The number of ether oxygens (including phenoxy) is 1. The summed E-state index contributed by atoms with van der Waals surface area (Å²) in [5.41, 5.74) is 1.59. The fraction of sp³-hybridized carbons (Fsp3) is 0.0667. The van der Waals surface area contributed by atoms with E-state index in [-0.39, 0.29) is 12.2 Å². The van der Waals surface area contributed by atoms with Gasteiger partial charge in [0.05, 0.1) is 11.3 Å². The Morgan fingerprint density at radius 1 is 1.29 bits per heavy atom. The summed E-state index contributed by atoms with van der Waals surface area (Å²) in [4.78, 5) is 15.3. The molecule has 0 saturated carbocycles. The Labute approximate surface area is 125 Å². The van der Waals surface area contributed by atoms with Crippen molar-refractivity contribution in [1.82, 2.24) is 9.38 Å². The number of aromatic carboxylic acids is 1. The van der Waals surface area contributed by atoms with E-state index < -0.39 is 5.97 Å². The predicted molar refractivity (Wildman–Crippen MR) is 77.9 cm³/mol. The number of hydrogen-bond acceptors (Lipinski definition) is 3. The van der Waals surface area contributed by atoms with Crippen LogP contribution in [0.3, 0.4) is 0 Å². The fourth-order valence-corrected chi connectivity index (χ4v) is 2.13. The van der Waals surface area contributed by atoms with E-state index in [0.29, 0.717) is 22.1 Å². The minimum absolute atomic E-state index is 0.210. The van der Waals surface area contributed by atoms with E-state index in [4.69, 9.17) is 21.4 Å². The minimum atomic E-state index is -0.970. The second kappa shape index (κ2) is 5.46. The summed E-state index contributed by atoms with van der Waals surface area (Å²) in [5.74, 6) is -0.312. The number of carboxylic acid groups (broad SMARTS) is 1. The van der Waals surface area contributed by atoms with Gasteiger partial charge in [-0.1, -0.05) is 17.7 Å². The van der Waals surface area contributed by atoms with E-state index in [1.54, 1.807) is 34.9 Å². The summed E-state index contributed by atoms with van der Waals surface area (Å²) < 4.78 is 7.27. The molecule has 5 nitrogen and oxygen atoms in total. The van der Waals surface area contributed by atoms with Crippen LogP contribution in [-0.4, -0.2) is 20.5 Å². The topological polar surface area (TPSA) is 63.8 Å². The maximum Gasteiger partial charge on any atom is 0.337 e. The highest BCUT2D eigenvalue weighted by molar-refractivity contribution is 6.30. The number of imidazole rings is 1. The SMILES string of the molecule is O=C(O)c1ccc2nc(COc3cccc(Cl)c3)cn2c1. The van der Waals surface area contributed by atoms with Gasteiger partial charge in [0.1, 0.15) is 18.0 Å². The first kappa shape index (κ1) is 13.5. The molecular weight excluding hydrogens is 292 g/mol. The van der Waals surface area contributed by atoms with Crippen LogP contribution in [0.4, 0.5) is 0 Å². The number of fused-ring (bicyclic) bond motifs is 1. The Hall–Kier alpha value is -2.53. The molecule has 1 aromatic carbocycles. The molecule has 2 aromatic heterocycles. The molecule has 0 saturated heterocycles. The average Bonchev–Trinajstić information content (AvgIpc) is 2.87. The molecule has 0 fully saturated rings. The van der Waals surface area contributed by atoms with Gasteiger partial charge in [-0.15, -0.1) is 0 Å². The van der Waals surface area contributed by atoms with Gasteiger partial charge in [-0.25, -0.2) is 9.78 Å². The van der Waals surface area contributed by atoms with Gasteiger partial charge in [0.25, 0.3) is 0 Å². The first-order chi connectivity index (χ1) is 10.1. The first-order valence-corrected chi connectivity index (χ1v) is 6.59. The van der Waals surface area contributed by atoms with Crippen molar-refractivity contribution in [3.8, 4) is 5.75 Å². The van der Waals surface area contributed by atoms with Crippen molar-refractivity contribution < 1.29 is 14.6 Å². The van der Waals surface area contributed by atoms with Crippen molar-refractivity contribution in [3.05, 3.63) is 65.1 Å². The summed E-state index contributed by atoms with van der Waals surface area (Å²) in [5, 5.41) is 9.56. The third-order valence-corrected chi connectivity index (χ3v) is 3.17. The number of carboxylic acids is 1. The van der Waals surface area contributed by atoms with Crippen molar-refractivity contribution >= 4 is 23.2 Å². The summed E-state index contributed by atoms with van der Waals surface area (Å²) in [6.07, 6.45) is 3.26. The van der Waals surface area contributed by atoms with Crippen LogP contribution in [0.2, 0.25) is 5.02 Å². The average molecular weight is 303 g/mol. The smallest absolute Gasteiger partial charge is 0.337 e. The molecular formula is C15H11ClN2O3. The van der Waals surface area contributed by atoms with Crippen molar-refractivity contribution in [1.29, 1.82) is 0 Å². The predicted octanol–water partition coefficient (Wildman–Crippen LogP) is 3.26. The largest absolute Gasteiger partial charge is 0.487 e. The zero-order chi connectivity index (χ0) is 14.8. The van der Waals surface area contributed by atoms with Gasteiger partial charge in [0.2, 0.25) is 0 Å². The molecule has 0 radical (unpaired) electrons. The van der Waals surface area contributed by atoms with Crippen molar-refractivity contribution in [2.75, 3.05) is 0 Å². The van der Waals surface area contributed by atoms with Gasteiger partial charge in [0.15, 0.2) is 0 Å². The normalized spacial score (nSPS) is 10.7. The van der Waals surface area contributed by atoms with Gasteiger partial charge in [-0.2, -0.15) is 0 Å². The van der Waals surface area contributed by atoms with E-state index in [0.717, 1.165) is 0 Å². The van der Waals surface area contributed by atoms with E-state index in [2.05, 4.69) is 4.98 Å². The number of aromatic nitrogens is 2. The second-order valence-electron chi connectivity index (χ2n) is 4.47. The van der Waals surface area contributed by atoms with Crippen molar-refractivity contribution in [2.45, 2.75) is 6.61 Å². The van der Waals surface area contributed by atoms with Crippen LogP contribution in [0.1, 0.15) is 16.1 Å². The summed E-state index contributed by atoms with van der Waals surface area (Å²) >= 11 is 5.88. The van der Waals surface area contributed by atoms with Gasteiger partial charge >= 0.3 is 5.97 Å². The van der Waals surface area contributed by atoms with Crippen LogP contribution in [0.5, 0.6) is 5.75 Å². The zero-order valence-electron chi connectivity index (χ0n) is 10.9. The Morgan fingerprint density at radius 3 is 2.90 bits per heavy atom. The van der Waals surface area contributed by atoms with Gasteiger partial charge in [0, 0.05) is 17.4 Å². The Morgan fingerprint density at radius 2 is 2.14 bits per heavy atom. The van der Waals surface area contributed by atoms with E-state index in [1.807, 2.05) is 6.07 Å². The van der Waals surface area contributed by atoms with Crippen molar-refractivity contribution in [3.63, 3.8) is 0 Å². The van der Waals surface area contributed by atoms with Gasteiger partial charge < -0.3 is 14.2 Å². The quantitative estimate of drug-likeness (QED) is 0.803. The lowest BCUT2D eigenvalue weighted by Crippen LogP contribution is -1.97. The van der Waals surface area contributed by atoms with Crippen molar-refractivity contribution in [2.24, 2.45) is 0 Å². The van der Waals surface area contributed by atoms with Crippen LogP contribution >= 0.6 is 11.6 Å². The number of pyridine rings is 1. The van der Waals surface area contributed by atoms with E-state index in [9.17, 15) is 4.79 Å². The first-order valence-electron chi connectivity index (χ1n) is 6.21. The highest BCUT2D eigenvalue weighted by Gasteiger charge is 2.07. The monoisotopic (exact) mass is 302 g/mol. The van der Waals surface area contributed by atoms with E-state index >= 15 is 0 Å². The van der Waals surface area contributed by atoms with Crippen LogP contribution in [0.25, 0.3) is 5.65 Å². The number of benzene rings is 1. The molecule has 0 amide bonds. The molecule has 0 aliphatic heterocycles. The van der Waals surface area contributed by atoms with Crippen LogP contribution in [-0.2, 0) is 6.61 Å². The molecule has 106 valence electrons. The molecule has 21 heavy (non-hydrogen) atoms. The summed E-state index contributed by atoms with van der Waals surface area (Å²) in [7, 11) is 0. The maximum absolute atomic E-state index is 10.9. The molecule has 3 rings (SSSR count). The standard InChI is InChI=1S/C15H11ClN2O3/c16-11-2-1-3-13(6-11)21-9-12-8-18-7-10(15(19)20)4-5-14(18)17-12/h1-8H,9H2,(H,19,20). The van der Waals surface area contributed by atoms with Gasteiger partial charge in [-0.3, -0.25) is 0 Å². The lowest BCUT2D eigenvalue weighted by molar-refractivity contribution is 0.0696. The lowest BCUT2D eigenvalue weighted by atomic mass is 10.3. The summed E-state index contributed by atoms with van der Waals surface area (Å²) in [6, 6.07) is 10.3. The number of carbonyl (C=O) groups is 1. The molecule has 6 heteroatoms. The molecule has 0 atom stereocenters. The molecule has 1 N–H and O–H groups in total. The Bertz CT molecular complexity index is 814. The van der Waals surface area contributed by atoms with Crippen LogP contribution in [0.15, 0.2) is 48.8 Å².